The van der Waals surface area contributed by atoms with Crippen LogP contribution in [0.15, 0.2) is 30.3 Å². The SMILES string of the molecule is CCN(CC)CC(=O)c1ccc(OC)c2cccc(OC)c12.Cl. The van der Waals surface area contributed by atoms with Crippen molar-refractivity contribution >= 4 is 29.0 Å². The lowest BCUT2D eigenvalue weighted by Gasteiger charge is -2.18. The molecule has 0 unspecified atom stereocenters. The summed E-state index contributed by atoms with van der Waals surface area (Å²) in [4.78, 5) is 14.8. The van der Waals surface area contributed by atoms with Crippen molar-refractivity contribution in [1.29, 1.82) is 0 Å². The highest BCUT2D eigenvalue weighted by molar-refractivity contribution is 6.12. The molecule has 23 heavy (non-hydrogen) atoms. The molecule has 0 heterocycles. The lowest BCUT2D eigenvalue weighted by atomic mass is 9.99. The maximum Gasteiger partial charge on any atom is 0.177 e. The van der Waals surface area contributed by atoms with Crippen molar-refractivity contribution in [3.05, 3.63) is 35.9 Å². The van der Waals surface area contributed by atoms with E-state index in [0.717, 1.165) is 29.6 Å². The number of halogens is 1. The van der Waals surface area contributed by atoms with Gasteiger partial charge < -0.3 is 9.47 Å². The number of benzene rings is 2. The van der Waals surface area contributed by atoms with Gasteiger partial charge in [-0.1, -0.05) is 26.0 Å². The lowest BCUT2D eigenvalue weighted by molar-refractivity contribution is 0.0939. The second-order valence-corrected chi connectivity index (χ2v) is 5.08. The summed E-state index contributed by atoms with van der Waals surface area (Å²) < 4.78 is 10.9. The molecule has 0 aliphatic rings. The summed E-state index contributed by atoms with van der Waals surface area (Å²) in [6.45, 7) is 6.24. The fourth-order valence-corrected chi connectivity index (χ4v) is 2.66. The van der Waals surface area contributed by atoms with Crippen molar-refractivity contribution in [2.45, 2.75) is 13.8 Å². The number of fused-ring (bicyclic) bond motifs is 1. The van der Waals surface area contributed by atoms with E-state index in [2.05, 4.69) is 18.7 Å². The molecule has 0 bridgehead atoms. The average Bonchev–Trinajstić information content (AvgIpc) is 2.57. The van der Waals surface area contributed by atoms with Crippen LogP contribution in [-0.2, 0) is 0 Å². The van der Waals surface area contributed by atoms with Crippen LogP contribution in [0.25, 0.3) is 10.8 Å². The lowest BCUT2D eigenvalue weighted by Crippen LogP contribution is -2.29. The van der Waals surface area contributed by atoms with Gasteiger partial charge in [-0.25, -0.2) is 0 Å². The molecule has 2 rings (SSSR count). The van der Waals surface area contributed by atoms with Gasteiger partial charge in [0.15, 0.2) is 5.78 Å². The quantitative estimate of drug-likeness (QED) is 0.720. The normalized spacial score (nSPS) is 10.5. The number of carbonyl (C=O) groups excluding carboxylic acids is 1. The second-order valence-electron chi connectivity index (χ2n) is 5.08. The summed E-state index contributed by atoms with van der Waals surface area (Å²) in [5.41, 5.74) is 0.681. The van der Waals surface area contributed by atoms with Gasteiger partial charge >= 0.3 is 0 Å². The zero-order valence-corrected chi connectivity index (χ0v) is 14.9. The molecule has 5 heteroatoms. The van der Waals surface area contributed by atoms with Crippen molar-refractivity contribution in [3.63, 3.8) is 0 Å². The molecule has 0 fully saturated rings. The summed E-state index contributed by atoms with van der Waals surface area (Å²) in [5, 5.41) is 1.72. The number of Topliss-reactive ketones (excluding diaryl/α,β-unsaturated/α-hetero) is 1. The molecule has 0 radical (unpaired) electrons. The fraction of sp³-hybridized carbons (Fsp3) is 0.389. The third-order valence-electron chi connectivity index (χ3n) is 3.96. The van der Waals surface area contributed by atoms with Crippen molar-refractivity contribution in [3.8, 4) is 11.5 Å². The maximum absolute atomic E-state index is 12.7. The van der Waals surface area contributed by atoms with Crippen LogP contribution in [0.3, 0.4) is 0 Å². The Morgan fingerprint density at radius 3 is 2.22 bits per heavy atom. The van der Waals surface area contributed by atoms with Crippen molar-refractivity contribution < 1.29 is 14.3 Å². The Balaban J connectivity index is 0.00000264. The van der Waals surface area contributed by atoms with E-state index in [1.165, 1.54) is 0 Å². The van der Waals surface area contributed by atoms with Crippen LogP contribution in [0.5, 0.6) is 11.5 Å². The van der Waals surface area contributed by atoms with E-state index in [0.29, 0.717) is 17.9 Å². The third-order valence-corrected chi connectivity index (χ3v) is 3.96. The predicted octanol–water partition coefficient (Wildman–Crippen LogP) is 3.80. The Labute approximate surface area is 143 Å². The number of nitrogens with zero attached hydrogens (tertiary/aromatic N) is 1. The minimum Gasteiger partial charge on any atom is -0.496 e. The highest BCUT2D eigenvalue weighted by Gasteiger charge is 2.18. The zero-order chi connectivity index (χ0) is 16.1. The first-order valence-electron chi connectivity index (χ1n) is 7.55. The summed E-state index contributed by atoms with van der Waals surface area (Å²) in [6.07, 6.45) is 0. The molecule has 0 aliphatic carbocycles. The van der Waals surface area contributed by atoms with Gasteiger partial charge in [-0.05, 0) is 31.3 Å². The van der Waals surface area contributed by atoms with Crippen LogP contribution in [0.1, 0.15) is 24.2 Å². The molecule has 0 atom stereocenters. The van der Waals surface area contributed by atoms with E-state index >= 15 is 0 Å². The van der Waals surface area contributed by atoms with Crippen molar-refractivity contribution in [1.82, 2.24) is 4.90 Å². The standard InChI is InChI=1S/C18H23NO3.ClH/c1-5-19(6-2)12-15(20)13-10-11-16(21-3)14-8-7-9-17(22-4)18(13)14;/h7-11H,5-6,12H2,1-4H3;1H. The van der Waals surface area contributed by atoms with E-state index in [1.807, 2.05) is 30.3 Å². The van der Waals surface area contributed by atoms with Gasteiger partial charge in [-0.15, -0.1) is 12.4 Å². The van der Waals surface area contributed by atoms with Crippen molar-refractivity contribution in [2.24, 2.45) is 0 Å². The zero-order valence-electron chi connectivity index (χ0n) is 14.1. The molecular formula is C18H24ClNO3. The first-order valence-corrected chi connectivity index (χ1v) is 7.55. The molecule has 0 aliphatic heterocycles. The molecule has 0 saturated carbocycles. The van der Waals surface area contributed by atoms with Gasteiger partial charge in [0.25, 0.3) is 0 Å². The Bertz CT molecular complexity index is 669. The smallest absolute Gasteiger partial charge is 0.177 e. The summed E-state index contributed by atoms with van der Waals surface area (Å²) >= 11 is 0. The van der Waals surface area contributed by atoms with Gasteiger partial charge in [0, 0.05) is 16.3 Å². The van der Waals surface area contributed by atoms with Gasteiger partial charge in [0.05, 0.1) is 20.8 Å². The number of carbonyl (C=O) groups is 1. The molecule has 0 saturated heterocycles. The number of methoxy groups -OCH3 is 2. The molecule has 2 aromatic carbocycles. The Kier molecular flexibility index (Phi) is 7.33. The molecule has 0 aromatic heterocycles. The molecule has 126 valence electrons. The molecular weight excluding hydrogens is 314 g/mol. The minimum absolute atomic E-state index is 0. The average molecular weight is 338 g/mol. The third kappa shape index (κ3) is 3.95. The summed E-state index contributed by atoms with van der Waals surface area (Å²) in [7, 11) is 3.25. The van der Waals surface area contributed by atoms with Crippen molar-refractivity contribution in [2.75, 3.05) is 33.9 Å². The monoisotopic (exact) mass is 337 g/mol. The van der Waals surface area contributed by atoms with Gasteiger partial charge in [0.1, 0.15) is 11.5 Å². The number of hydrogen-bond acceptors (Lipinski definition) is 4. The van der Waals surface area contributed by atoms with E-state index in [9.17, 15) is 4.79 Å². The molecule has 0 spiro atoms. The van der Waals surface area contributed by atoms with E-state index in [4.69, 9.17) is 9.47 Å². The van der Waals surface area contributed by atoms with Crippen LogP contribution in [0.4, 0.5) is 0 Å². The number of likely N-dealkylation sites (N-methyl/N-ethyl adjacent to an activating group) is 1. The van der Waals surface area contributed by atoms with E-state index in [1.54, 1.807) is 14.2 Å². The number of hydrogen-bond donors (Lipinski definition) is 0. The Hall–Kier alpha value is -1.78. The predicted molar refractivity (Wildman–Crippen MR) is 96.4 cm³/mol. The number of ether oxygens (including phenoxy) is 2. The molecule has 0 amide bonds. The van der Waals surface area contributed by atoms with Crippen LogP contribution >= 0.6 is 12.4 Å². The first-order chi connectivity index (χ1) is 10.7. The van der Waals surface area contributed by atoms with Crippen LogP contribution in [-0.4, -0.2) is 44.5 Å². The molecule has 2 aromatic rings. The highest BCUT2D eigenvalue weighted by Crippen LogP contribution is 2.35. The summed E-state index contributed by atoms with van der Waals surface area (Å²) in [5.74, 6) is 1.54. The topological polar surface area (TPSA) is 38.8 Å². The highest BCUT2D eigenvalue weighted by atomic mass is 35.5. The van der Waals surface area contributed by atoms with Crippen LogP contribution in [0, 0.1) is 0 Å². The maximum atomic E-state index is 12.7. The van der Waals surface area contributed by atoms with Gasteiger partial charge in [0.2, 0.25) is 0 Å². The fourth-order valence-electron chi connectivity index (χ4n) is 2.66. The molecule has 4 nitrogen and oxygen atoms in total. The van der Waals surface area contributed by atoms with Gasteiger partial charge in [-0.3, -0.25) is 9.69 Å². The molecule has 0 N–H and O–H groups in total. The first kappa shape index (κ1) is 19.3. The second kappa shape index (κ2) is 8.75. The van der Waals surface area contributed by atoms with E-state index < -0.39 is 0 Å². The summed E-state index contributed by atoms with van der Waals surface area (Å²) in [6, 6.07) is 9.40. The van der Waals surface area contributed by atoms with Crippen LogP contribution < -0.4 is 9.47 Å². The number of rotatable bonds is 7. The van der Waals surface area contributed by atoms with Gasteiger partial charge in [-0.2, -0.15) is 0 Å². The minimum atomic E-state index is 0. The van der Waals surface area contributed by atoms with E-state index in [-0.39, 0.29) is 18.2 Å². The number of ketones is 1. The Morgan fingerprint density at radius 2 is 1.65 bits per heavy atom. The van der Waals surface area contributed by atoms with Crippen LogP contribution in [0.2, 0.25) is 0 Å². The Morgan fingerprint density at radius 1 is 1.00 bits per heavy atom. The largest absolute Gasteiger partial charge is 0.496 e.